The van der Waals surface area contributed by atoms with E-state index < -0.39 is 20.6 Å². The second-order valence-electron chi connectivity index (χ2n) is 3.44. The van der Waals surface area contributed by atoms with E-state index in [2.05, 4.69) is 14.7 Å². The molecule has 1 N–H and O–H groups in total. The first-order valence-electron chi connectivity index (χ1n) is 5.25. The Kier molecular flexibility index (Phi) is 5.26. The second-order valence-corrected chi connectivity index (χ2v) is 5.21. The minimum atomic E-state index is -3.92. The van der Waals surface area contributed by atoms with E-state index in [1.807, 2.05) is 0 Å². The standard InChI is InChI=1S/C9H11N5O5S/c1-19-9-3-2-7(6-8(9)14(15)16)20(17,18)12-5-4-11-13-10/h2-3,6,12H,4-5H2,1H3. The molecule has 10 nitrogen and oxygen atoms in total. The van der Waals surface area contributed by atoms with E-state index in [1.54, 1.807) is 0 Å². The van der Waals surface area contributed by atoms with Gasteiger partial charge in [0.1, 0.15) is 0 Å². The minimum absolute atomic E-state index is 0.0389. The zero-order valence-corrected chi connectivity index (χ0v) is 11.2. The Balaban J connectivity index is 3.03. The Hall–Kier alpha value is -2.36. The summed E-state index contributed by atoms with van der Waals surface area (Å²) < 4.78 is 30.7. The van der Waals surface area contributed by atoms with Gasteiger partial charge < -0.3 is 4.74 Å². The molecule has 0 saturated heterocycles. The van der Waals surface area contributed by atoms with Crippen LogP contribution in [-0.2, 0) is 10.0 Å². The molecular formula is C9H11N5O5S. The molecule has 0 saturated carbocycles. The molecule has 0 atom stereocenters. The van der Waals surface area contributed by atoms with Crippen molar-refractivity contribution in [1.29, 1.82) is 0 Å². The van der Waals surface area contributed by atoms with Gasteiger partial charge in [-0.1, -0.05) is 5.11 Å². The number of azide groups is 1. The highest BCUT2D eigenvalue weighted by Gasteiger charge is 2.21. The molecule has 0 aliphatic carbocycles. The molecule has 20 heavy (non-hydrogen) atoms. The number of rotatable bonds is 7. The molecule has 1 aromatic carbocycles. The normalized spacial score (nSPS) is 10.7. The summed E-state index contributed by atoms with van der Waals surface area (Å²) in [6.07, 6.45) is 0. The maximum absolute atomic E-state index is 11.9. The van der Waals surface area contributed by atoms with Crippen LogP contribution in [0.15, 0.2) is 28.2 Å². The number of nitro groups is 1. The molecule has 1 rings (SSSR count). The molecule has 0 radical (unpaired) electrons. The predicted octanol–water partition coefficient (Wildman–Crippen LogP) is 1.19. The Labute approximate surface area is 114 Å². The molecule has 0 amide bonds. The van der Waals surface area contributed by atoms with Crippen molar-refractivity contribution in [3.8, 4) is 5.75 Å². The first kappa shape index (κ1) is 15.7. The Morgan fingerprint density at radius 2 is 2.25 bits per heavy atom. The SMILES string of the molecule is COc1ccc(S(=O)(=O)NCCN=[N+]=[N-])cc1[N+](=O)[O-]. The van der Waals surface area contributed by atoms with E-state index in [9.17, 15) is 18.5 Å². The third-order valence-corrected chi connectivity index (χ3v) is 3.68. The van der Waals surface area contributed by atoms with E-state index in [0.29, 0.717) is 0 Å². The summed E-state index contributed by atoms with van der Waals surface area (Å²) in [5.74, 6) is -0.0389. The molecule has 0 heterocycles. The number of hydrogen-bond acceptors (Lipinski definition) is 6. The Morgan fingerprint density at radius 1 is 1.55 bits per heavy atom. The molecule has 108 valence electrons. The van der Waals surface area contributed by atoms with Crippen LogP contribution >= 0.6 is 0 Å². The molecule has 1 aromatic rings. The Bertz CT molecular complexity index is 653. The van der Waals surface area contributed by atoms with Gasteiger partial charge in [0.05, 0.1) is 16.9 Å². The summed E-state index contributed by atoms with van der Waals surface area (Å²) in [6.45, 7) is -0.166. The van der Waals surface area contributed by atoms with Gasteiger partial charge in [0.25, 0.3) is 0 Å². The summed E-state index contributed by atoms with van der Waals surface area (Å²) in [4.78, 5) is 12.3. The van der Waals surface area contributed by atoms with E-state index in [-0.39, 0.29) is 23.7 Å². The first-order chi connectivity index (χ1) is 9.42. The van der Waals surface area contributed by atoms with Crippen molar-refractivity contribution in [1.82, 2.24) is 4.72 Å². The number of sulfonamides is 1. The smallest absolute Gasteiger partial charge is 0.312 e. The number of ether oxygens (including phenoxy) is 1. The fourth-order valence-corrected chi connectivity index (χ4v) is 2.38. The van der Waals surface area contributed by atoms with Crippen LogP contribution in [0, 0.1) is 10.1 Å². The maximum atomic E-state index is 11.9. The lowest BCUT2D eigenvalue weighted by Gasteiger charge is -2.07. The average molecular weight is 301 g/mol. The fraction of sp³-hybridized carbons (Fsp3) is 0.333. The van der Waals surface area contributed by atoms with Crippen LogP contribution in [0.3, 0.4) is 0 Å². The topological polar surface area (TPSA) is 147 Å². The quantitative estimate of drug-likeness (QED) is 0.200. The number of nitrogens with one attached hydrogen (secondary N) is 1. The number of hydrogen-bond donors (Lipinski definition) is 1. The largest absolute Gasteiger partial charge is 0.490 e. The molecule has 0 aliphatic rings. The maximum Gasteiger partial charge on any atom is 0.312 e. The highest BCUT2D eigenvalue weighted by molar-refractivity contribution is 7.89. The van der Waals surface area contributed by atoms with Gasteiger partial charge in [-0.05, 0) is 17.7 Å². The van der Waals surface area contributed by atoms with Crippen molar-refractivity contribution in [3.05, 3.63) is 38.8 Å². The summed E-state index contributed by atoms with van der Waals surface area (Å²) in [5, 5.41) is 14.0. The van der Waals surface area contributed by atoms with Crippen LogP contribution in [0.1, 0.15) is 0 Å². The van der Waals surface area contributed by atoms with Gasteiger partial charge in [0.15, 0.2) is 5.75 Å². The lowest BCUT2D eigenvalue weighted by Crippen LogP contribution is -2.26. The molecule has 0 fully saturated rings. The highest BCUT2D eigenvalue weighted by atomic mass is 32.2. The van der Waals surface area contributed by atoms with Gasteiger partial charge in [-0.3, -0.25) is 10.1 Å². The number of methoxy groups -OCH3 is 1. The Morgan fingerprint density at radius 3 is 2.80 bits per heavy atom. The van der Waals surface area contributed by atoms with Gasteiger partial charge >= 0.3 is 5.69 Å². The van der Waals surface area contributed by atoms with Crippen LogP contribution in [0.5, 0.6) is 5.75 Å². The summed E-state index contributed by atoms with van der Waals surface area (Å²) >= 11 is 0. The highest BCUT2D eigenvalue weighted by Crippen LogP contribution is 2.29. The first-order valence-corrected chi connectivity index (χ1v) is 6.73. The molecule has 0 aromatic heterocycles. The van der Waals surface area contributed by atoms with Crippen LogP contribution in [0.2, 0.25) is 0 Å². The van der Waals surface area contributed by atoms with Gasteiger partial charge in [0, 0.05) is 24.1 Å². The van der Waals surface area contributed by atoms with E-state index >= 15 is 0 Å². The van der Waals surface area contributed by atoms with Crippen LogP contribution in [0.4, 0.5) is 5.69 Å². The average Bonchev–Trinajstić information content (AvgIpc) is 2.42. The van der Waals surface area contributed by atoms with Crippen molar-refractivity contribution in [2.45, 2.75) is 4.90 Å². The van der Waals surface area contributed by atoms with Crippen molar-refractivity contribution in [2.75, 3.05) is 20.2 Å². The monoisotopic (exact) mass is 301 g/mol. The van der Waals surface area contributed by atoms with E-state index in [4.69, 9.17) is 10.3 Å². The zero-order chi connectivity index (χ0) is 15.2. The third kappa shape index (κ3) is 3.82. The van der Waals surface area contributed by atoms with Gasteiger partial charge in [0.2, 0.25) is 10.0 Å². The molecule has 0 aliphatic heterocycles. The van der Waals surface area contributed by atoms with E-state index in [1.165, 1.54) is 19.2 Å². The van der Waals surface area contributed by atoms with Gasteiger partial charge in [-0.25, -0.2) is 13.1 Å². The lowest BCUT2D eigenvalue weighted by atomic mass is 10.3. The van der Waals surface area contributed by atoms with Crippen molar-refractivity contribution in [3.63, 3.8) is 0 Å². The molecular weight excluding hydrogens is 290 g/mol. The molecule has 0 bridgehead atoms. The summed E-state index contributed by atoms with van der Waals surface area (Å²) in [6, 6.07) is 3.27. The predicted molar refractivity (Wildman–Crippen MR) is 68.8 cm³/mol. The van der Waals surface area contributed by atoms with Crippen molar-refractivity contribution >= 4 is 15.7 Å². The minimum Gasteiger partial charge on any atom is -0.490 e. The van der Waals surface area contributed by atoms with Crippen molar-refractivity contribution < 1.29 is 18.1 Å². The zero-order valence-electron chi connectivity index (χ0n) is 10.4. The third-order valence-electron chi connectivity index (χ3n) is 2.22. The van der Waals surface area contributed by atoms with Crippen LogP contribution < -0.4 is 9.46 Å². The van der Waals surface area contributed by atoms with Gasteiger partial charge in [-0.2, -0.15) is 0 Å². The number of nitro benzene ring substituents is 1. The van der Waals surface area contributed by atoms with Crippen LogP contribution in [-0.4, -0.2) is 33.5 Å². The lowest BCUT2D eigenvalue weighted by molar-refractivity contribution is -0.386. The molecule has 0 spiro atoms. The number of nitrogens with zero attached hydrogens (tertiary/aromatic N) is 4. The van der Waals surface area contributed by atoms with Crippen LogP contribution in [0.25, 0.3) is 10.4 Å². The fourth-order valence-electron chi connectivity index (χ4n) is 1.34. The second kappa shape index (κ2) is 6.70. The summed E-state index contributed by atoms with van der Waals surface area (Å²) in [5.41, 5.74) is 7.61. The van der Waals surface area contributed by atoms with E-state index in [0.717, 1.165) is 6.07 Å². The summed E-state index contributed by atoms with van der Waals surface area (Å²) in [7, 11) is -2.67. The molecule has 0 unspecified atom stereocenters. The molecule has 11 heteroatoms. The van der Waals surface area contributed by atoms with Crippen molar-refractivity contribution in [2.24, 2.45) is 5.11 Å². The van der Waals surface area contributed by atoms with Gasteiger partial charge in [-0.15, -0.1) is 0 Å². The number of benzene rings is 1.